The van der Waals surface area contributed by atoms with Crippen molar-refractivity contribution in [1.29, 1.82) is 5.26 Å². The van der Waals surface area contributed by atoms with Gasteiger partial charge in [-0.05, 0) is 13.0 Å². The summed E-state index contributed by atoms with van der Waals surface area (Å²) < 4.78 is 37.2. The number of alkyl halides is 2. The van der Waals surface area contributed by atoms with Crippen LogP contribution in [-0.2, 0) is 0 Å². The highest BCUT2D eigenvalue weighted by molar-refractivity contribution is 5.34. The summed E-state index contributed by atoms with van der Waals surface area (Å²) in [7, 11) is 0. The summed E-state index contributed by atoms with van der Waals surface area (Å²) in [4.78, 5) is 3.30. The molecule has 0 radical (unpaired) electrons. The molecule has 0 bridgehead atoms. The summed E-state index contributed by atoms with van der Waals surface area (Å²) in [6.07, 6.45) is -2.99. The average molecular weight is 186 g/mol. The quantitative estimate of drug-likeness (QED) is 0.674. The van der Waals surface area contributed by atoms with Crippen LogP contribution in [0.15, 0.2) is 6.07 Å². The van der Waals surface area contributed by atoms with Gasteiger partial charge in [-0.3, -0.25) is 0 Å². The van der Waals surface area contributed by atoms with Crippen molar-refractivity contribution in [2.45, 2.75) is 13.3 Å². The number of aryl methyl sites for hydroxylation is 1. The van der Waals surface area contributed by atoms with Crippen molar-refractivity contribution >= 4 is 0 Å². The summed E-state index contributed by atoms with van der Waals surface area (Å²) in [5.41, 5.74) is -1.16. The fourth-order valence-electron chi connectivity index (χ4n) is 0.908. The van der Waals surface area contributed by atoms with Gasteiger partial charge in [0.15, 0.2) is 5.82 Å². The zero-order valence-electron chi connectivity index (χ0n) is 6.68. The van der Waals surface area contributed by atoms with E-state index in [1.807, 2.05) is 0 Å². The number of hydrogen-bond donors (Lipinski definition) is 0. The highest BCUT2D eigenvalue weighted by Gasteiger charge is 2.18. The lowest BCUT2D eigenvalue weighted by atomic mass is 10.2. The Morgan fingerprint density at radius 1 is 1.54 bits per heavy atom. The Balaban J connectivity index is 3.38. The van der Waals surface area contributed by atoms with Crippen LogP contribution < -0.4 is 0 Å². The van der Waals surface area contributed by atoms with Gasteiger partial charge in [0.05, 0.1) is 5.56 Å². The van der Waals surface area contributed by atoms with Gasteiger partial charge >= 0.3 is 0 Å². The molecule has 0 spiro atoms. The van der Waals surface area contributed by atoms with Gasteiger partial charge in [-0.15, -0.1) is 0 Å². The highest BCUT2D eigenvalue weighted by atomic mass is 19.3. The first-order valence-corrected chi connectivity index (χ1v) is 3.41. The van der Waals surface area contributed by atoms with Crippen LogP contribution in [0.1, 0.15) is 23.4 Å². The molecule has 5 heteroatoms. The van der Waals surface area contributed by atoms with E-state index in [0.29, 0.717) is 0 Å². The molecule has 0 unspecified atom stereocenters. The molecular weight excluding hydrogens is 181 g/mol. The third-order valence-electron chi connectivity index (χ3n) is 1.44. The van der Waals surface area contributed by atoms with Crippen molar-refractivity contribution in [2.75, 3.05) is 0 Å². The lowest BCUT2D eigenvalue weighted by Crippen LogP contribution is -2.00. The van der Waals surface area contributed by atoms with E-state index in [2.05, 4.69) is 4.98 Å². The van der Waals surface area contributed by atoms with Crippen molar-refractivity contribution in [3.05, 3.63) is 28.8 Å². The Morgan fingerprint density at radius 3 is 2.62 bits per heavy atom. The van der Waals surface area contributed by atoms with Gasteiger partial charge in [0.1, 0.15) is 11.8 Å². The summed E-state index contributed by atoms with van der Waals surface area (Å²) >= 11 is 0. The molecular formula is C8H5F3N2. The summed E-state index contributed by atoms with van der Waals surface area (Å²) in [5, 5.41) is 8.39. The Labute approximate surface area is 72.6 Å². The molecule has 0 aromatic carbocycles. The standard InChI is InChI=1S/C8H5F3N2/c1-4-2-5(3-12)6(9)7(13-4)8(10)11/h2,8H,1H3. The molecule has 2 nitrogen and oxygen atoms in total. The molecule has 1 rings (SSSR count). The van der Waals surface area contributed by atoms with E-state index >= 15 is 0 Å². The van der Waals surface area contributed by atoms with Crippen LogP contribution in [0.4, 0.5) is 13.2 Å². The first-order valence-electron chi connectivity index (χ1n) is 3.41. The molecule has 0 atom stereocenters. The zero-order valence-corrected chi connectivity index (χ0v) is 6.68. The molecule has 1 aromatic heterocycles. The predicted octanol–water partition coefficient (Wildman–Crippen LogP) is 2.34. The van der Waals surface area contributed by atoms with Crippen molar-refractivity contribution in [1.82, 2.24) is 4.98 Å². The number of hydrogen-bond acceptors (Lipinski definition) is 2. The first kappa shape index (κ1) is 9.52. The Morgan fingerprint density at radius 2 is 2.15 bits per heavy atom. The van der Waals surface area contributed by atoms with E-state index < -0.39 is 23.5 Å². The fourth-order valence-corrected chi connectivity index (χ4v) is 0.908. The monoisotopic (exact) mass is 186 g/mol. The fraction of sp³-hybridized carbons (Fsp3) is 0.250. The number of halogens is 3. The van der Waals surface area contributed by atoms with Gasteiger partial charge < -0.3 is 0 Å². The second kappa shape index (κ2) is 3.44. The van der Waals surface area contributed by atoms with Gasteiger partial charge in [0.25, 0.3) is 6.43 Å². The normalized spacial score (nSPS) is 10.2. The van der Waals surface area contributed by atoms with E-state index in [0.717, 1.165) is 6.07 Å². The average Bonchev–Trinajstić information content (AvgIpc) is 2.08. The van der Waals surface area contributed by atoms with E-state index in [-0.39, 0.29) is 5.69 Å². The lowest BCUT2D eigenvalue weighted by Gasteiger charge is -2.03. The predicted molar refractivity (Wildman–Crippen MR) is 38.6 cm³/mol. The number of aromatic nitrogens is 1. The van der Waals surface area contributed by atoms with Gasteiger partial charge in [-0.1, -0.05) is 0 Å². The minimum Gasteiger partial charge on any atom is -0.249 e. The smallest absolute Gasteiger partial charge is 0.249 e. The van der Waals surface area contributed by atoms with Gasteiger partial charge in [0, 0.05) is 5.69 Å². The molecule has 0 N–H and O–H groups in total. The van der Waals surface area contributed by atoms with Crippen molar-refractivity contribution in [3.8, 4) is 6.07 Å². The topological polar surface area (TPSA) is 36.7 Å². The molecule has 0 aliphatic rings. The van der Waals surface area contributed by atoms with Gasteiger partial charge in [0.2, 0.25) is 0 Å². The number of pyridine rings is 1. The molecule has 1 aromatic rings. The van der Waals surface area contributed by atoms with E-state index in [4.69, 9.17) is 5.26 Å². The molecule has 0 fully saturated rings. The van der Waals surface area contributed by atoms with Crippen LogP contribution >= 0.6 is 0 Å². The summed E-state index contributed by atoms with van der Waals surface area (Å²) in [6.45, 7) is 1.42. The van der Waals surface area contributed by atoms with Crippen molar-refractivity contribution < 1.29 is 13.2 Å². The largest absolute Gasteiger partial charge is 0.283 e. The summed E-state index contributed by atoms with van der Waals surface area (Å²) in [6, 6.07) is 2.61. The zero-order chi connectivity index (χ0) is 10.0. The second-order valence-electron chi connectivity index (χ2n) is 2.42. The Bertz CT molecular complexity index is 368. The molecule has 0 aliphatic carbocycles. The highest BCUT2D eigenvalue weighted by Crippen LogP contribution is 2.22. The number of nitriles is 1. The Kier molecular flexibility index (Phi) is 2.52. The third-order valence-corrected chi connectivity index (χ3v) is 1.44. The molecule has 13 heavy (non-hydrogen) atoms. The molecule has 0 aliphatic heterocycles. The van der Waals surface area contributed by atoms with E-state index in [9.17, 15) is 13.2 Å². The number of rotatable bonds is 1. The molecule has 0 amide bonds. The van der Waals surface area contributed by atoms with Gasteiger partial charge in [-0.25, -0.2) is 18.2 Å². The van der Waals surface area contributed by atoms with Crippen LogP contribution in [-0.4, -0.2) is 4.98 Å². The van der Waals surface area contributed by atoms with Crippen LogP contribution in [0.3, 0.4) is 0 Å². The molecule has 68 valence electrons. The van der Waals surface area contributed by atoms with Gasteiger partial charge in [-0.2, -0.15) is 5.26 Å². The van der Waals surface area contributed by atoms with Crippen LogP contribution in [0.5, 0.6) is 0 Å². The SMILES string of the molecule is Cc1cc(C#N)c(F)c(C(F)F)n1. The van der Waals surface area contributed by atoms with E-state index in [1.54, 1.807) is 0 Å². The maximum Gasteiger partial charge on any atom is 0.283 e. The van der Waals surface area contributed by atoms with E-state index in [1.165, 1.54) is 13.0 Å². The minimum absolute atomic E-state index is 0.202. The van der Waals surface area contributed by atoms with Crippen molar-refractivity contribution in [2.24, 2.45) is 0 Å². The molecule has 1 heterocycles. The van der Waals surface area contributed by atoms with Crippen molar-refractivity contribution in [3.63, 3.8) is 0 Å². The number of nitrogens with zero attached hydrogens (tertiary/aromatic N) is 2. The van der Waals surface area contributed by atoms with Crippen LogP contribution in [0.2, 0.25) is 0 Å². The maximum atomic E-state index is 12.9. The second-order valence-corrected chi connectivity index (χ2v) is 2.42. The van der Waals surface area contributed by atoms with Crippen LogP contribution in [0.25, 0.3) is 0 Å². The molecule has 0 saturated heterocycles. The minimum atomic E-state index is -2.99. The van der Waals surface area contributed by atoms with Crippen LogP contribution in [0, 0.1) is 24.1 Å². The third kappa shape index (κ3) is 1.78. The maximum absolute atomic E-state index is 12.9. The Hall–Kier alpha value is -1.57. The summed E-state index contributed by atoms with van der Waals surface area (Å²) in [5.74, 6) is -1.23. The lowest BCUT2D eigenvalue weighted by molar-refractivity contribution is 0.140. The molecule has 0 saturated carbocycles. The first-order chi connectivity index (χ1) is 6.06.